The van der Waals surface area contributed by atoms with Crippen molar-refractivity contribution in [3.05, 3.63) is 70.8 Å². The van der Waals surface area contributed by atoms with Crippen molar-refractivity contribution < 1.29 is 19.0 Å². The molecule has 0 saturated heterocycles. The first-order valence-electron chi connectivity index (χ1n) is 10.8. The molecule has 0 saturated carbocycles. The summed E-state index contributed by atoms with van der Waals surface area (Å²) in [5.41, 5.74) is 4.48. The van der Waals surface area contributed by atoms with E-state index in [2.05, 4.69) is 36.0 Å². The SMILES string of the molecule is C/C=C/COc1cc(C)c(OCCCCOCCc2ccc(C=NOC)cc2)c(C)c1. The van der Waals surface area contributed by atoms with E-state index < -0.39 is 0 Å². The number of oxime groups is 1. The van der Waals surface area contributed by atoms with Gasteiger partial charge in [-0.2, -0.15) is 0 Å². The fraction of sp³-hybridized carbons (Fsp3) is 0.423. The van der Waals surface area contributed by atoms with Gasteiger partial charge in [-0.1, -0.05) is 41.6 Å². The quantitative estimate of drug-likeness (QED) is 0.170. The molecule has 0 aliphatic heterocycles. The van der Waals surface area contributed by atoms with Crippen LogP contribution in [0.5, 0.6) is 11.5 Å². The van der Waals surface area contributed by atoms with Crippen LogP contribution in [0.2, 0.25) is 0 Å². The maximum Gasteiger partial charge on any atom is 0.125 e. The van der Waals surface area contributed by atoms with Crippen molar-refractivity contribution in [1.29, 1.82) is 0 Å². The molecule has 0 aliphatic rings. The Bertz CT molecular complexity index is 805. The first kappa shape index (κ1) is 24.5. The molecule has 0 heterocycles. The third-order valence-corrected chi connectivity index (χ3v) is 4.77. The largest absolute Gasteiger partial charge is 0.493 e. The second-order valence-corrected chi connectivity index (χ2v) is 7.34. The number of nitrogens with zero attached hydrogens (tertiary/aromatic N) is 1. The van der Waals surface area contributed by atoms with E-state index in [0.717, 1.165) is 60.7 Å². The van der Waals surface area contributed by atoms with Crippen LogP contribution in [0.4, 0.5) is 0 Å². The van der Waals surface area contributed by atoms with E-state index in [1.165, 1.54) is 12.7 Å². The number of aryl methyl sites for hydroxylation is 2. The zero-order chi connectivity index (χ0) is 22.3. The van der Waals surface area contributed by atoms with Crippen molar-refractivity contribution in [2.45, 2.75) is 40.0 Å². The molecule has 0 aliphatic carbocycles. The van der Waals surface area contributed by atoms with Gasteiger partial charge in [-0.3, -0.25) is 0 Å². The summed E-state index contributed by atoms with van der Waals surface area (Å²) in [5.74, 6) is 1.84. The van der Waals surface area contributed by atoms with E-state index in [-0.39, 0.29) is 0 Å². The Morgan fingerprint density at radius 2 is 1.61 bits per heavy atom. The topological polar surface area (TPSA) is 49.3 Å². The van der Waals surface area contributed by atoms with Gasteiger partial charge in [-0.25, -0.2) is 0 Å². The Labute approximate surface area is 186 Å². The lowest BCUT2D eigenvalue weighted by atomic mass is 10.1. The van der Waals surface area contributed by atoms with Crippen molar-refractivity contribution in [2.24, 2.45) is 5.16 Å². The molecule has 5 nitrogen and oxygen atoms in total. The van der Waals surface area contributed by atoms with E-state index in [9.17, 15) is 0 Å². The third-order valence-electron chi connectivity index (χ3n) is 4.77. The van der Waals surface area contributed by atoms with Gasteiger partial charge >= 0.3 is 0 Å². The second kappa shape index (κ2) is 14.3. The number of hydrogen-bond acceptors (Lipinski definition) is 5. The number of hydrogen-bond donors (Lipinski definition) is 0. The summed E-state index contributed by atoms with van der Waals surface area (Å²) in [6, 6.07) is 12.3. The average molecular weight is 426 g/mol. The molecule has 168 valence electrons. The Morgan fingerprint density at radius 3 is 2.29 bits per heavy atom. The fourth-order valence-electron chi connectivity index (χ4n) is 3.12. The highest BCUT2D eigenvalue weighted by Crippen LogP contribution is 2.28. The highest BCUT2D eigenvalue weighted by molar-refractivity contribution is 5.79. The van der Waals surface area contributed by atoms with Gasteiger partial charge in [0, 0.05) is 6.61 Å². The van der Waals surface area contributed by atoms with Gasteiger partial charge in [-0.15, -0.1) is 0 Å². The molecule has 0 aromatic heterocycles. The zero-order valence-electron chi connectivity index (χ0n) is 19.2. The monoisotopic (exact) mass is 425 g/mol. The lowest BCUT2D eigenvalue weighted by Gasteiger charge is -2.14. The fourth-order valence-corrected chi connectivity index (χ4v) is 3.12. The van der Waals surface area contributed by atoms with Crippen LogP contribution >= 0.6 is 0 Å². The minimum atomic E-state index is 0.587. The summed E-state index contributed by atoms with van der Waals surface area (Å²) in [5, 5.41) is 3.76. The van der Waals surface area contributed by atoms with Gasteiger partial charge < -0.3 is 19.0 Å². The highest BCUT2D eigenvalue weighted by Gasteiger charge is 2.07. The summed E-state index contributed by atoms with van der Waals surface area (Å²) in [6.45, 7) is 8.85. The molecule has 31 heavy (non-hydrogen) atoms. The molecule has 2 aromatic rings. The molecule has 2 rings (SSSR count). The average Bonchev–Trinajstić information content (AvgIpc) is 2.76. The molecule has 0 atom stereocenters. The number of benzene rings is 2. The summed E-state index contributed by atoms with van der Waals surface area (Å²) in [4.78, 5) is 4.69. The van der Waals surface area contributed by atoms with E-state index in [1.807, 2.05) is 43.3 Å². The smallest absolute Gasteiger partial charge is 0.125 e. The van der Waals surface area contributed by atoms with Crippen LogP contribution in [0.25, 0.3) is 0 Å². The minimum absolute atomic E-state index is 0.587. The molecule has 0 bridgehead atoms. The van der Waals surface area contributed by atoms with Crippen LogP contribution in [0.3, 0.4) is 0 Å². The number of allylic oxidation sites excluding steroid dienone is 1. The normalized spacial score (nSPS) is 11.4. The number of rotatable bonds is 14. The van der Waals surface area contributed by atoms with Crippen LogP contribution in [0, 0.1) is 13.8 Å². The van der Waals surface area contributed by atoms with Gasteiger partial charge in [0.05, 0.1) is 19.4 Å². The third kappa shape index (κ3) is 9.26. The van der Waals surface area contributed by atoms with Crippen molar-refractivity contribution in [3.8, 4) is 11.5 Å². The molecule has 5 heteroatoms. The maximum absolute atomic E-state index is 6.02. The summed E-state index contributed by atoms with van der Waals surface area (Å²) in [6.07, 6.45) is 8.52. The summed E-state index contributed by atoms with van der Waals surface area (Å²) in [7, 11) is 1.54. The van der Waals surface area contributed by atoms with Crippen LogP contribution in [0.1, 0.15) is 42.0 Å². The predicted octanol–water partition coefficient (Wildman–Crippen LogP) is 5.66. The summed E-state index contributed by atoms with van der Waals surface area (Å²) < 4.78 is 17.5. The van der Waals surface area contributed by atoms with Crippen molar-refractivity contribution in [3.63, 3.8) is 0 Å². The standard InChI is InChI=1S/C26H35NO4/c1-5-6-15-30-25-18-21(2)26(22(3)19-25)31-16-8-7-14-29-17-13-23-9-11-24(12-10-23)20-27-28-4/h5-6,9-12,18-20H,7-8,13-17H2,1-4H3/b6-5+,27-20?. The zero-order valence-corrected chi connectivity index (χ0v) is 19.2. The summed E-state index contributed by atoms with van der Waals surface area (Å²) >= 11 is 0. The molecule has 0 fully saturated rings. The molecule has 0 spiro atoms. The predicted molar refractivity (Wildman–Crippen MR) is 127 cm³/mol. The molecular formula is C26H35NO4. The molecule has 2 aromatic carbocycles. The van der Waals surface area contributed by atoms with E-state index in [1.54, 1.807) is 6.21 Å². The Hall–Kier alpha value is -2.79. The first-order chi connectivity index (χ1) is 15.1. The Morgan fingerprint density at radius 1 is 0.903 bits per heavy atom. The van der Waals surface area contributed by atoms with Crippen LogP contribution in [-0.4, -0.2) is 39.8 Å². The van der Waals surface area contributed by atoms with Crippen LogP contribution < -0.4 is 9.47 Å². The van der Waals surface area contributed by atoms with Crippen LogP contribution in [-0.2, 0) is 16.0 Å². The lowest BCUT2D eigenvalue weighted by molar-refractivity contribution is 0.129. The molecule has 0 unspecified atom stereocenters. The van der Waals surface area contributed by atoms with E-state index in [4.69, 9.17) is 14.2 Å². The maximum atomic E-state index is 6.02. The molecular weight excluding hydrogens is 390 g/mol. The second-order valence-electron chi connectivity index (χ2n) is 7.34. The molecule has 0 N–H and O–H groups in total. The number of unbranched alkanes of at least 4 members (excludes halogenated alkanes) is 1. The lowest BCUT2D eigenvalue weighted by Crippen LogP contribution is -2.05. The van der Waals surface area contributed by atoms with Gasteiger partial charge in [0.1, 0.15) is 25.2 Å². The van der Waals surface area contributed by atoms with Gasteiger partial charge in [-0.05, 0) is 74.4 Å². The van der Waals surface area contributed by atoms with E-state index in [0.29, 0.717) is 13.2 Å². The highest BCUT2D eigenvalue weighted by atomic mass is 16.6. The minimum Gasteiger partial charge on any atom is -0.493 e. The van der Waals surface area contributed by atoms with Crippen molar-refractivity contribution in [2.75, 3.05) is 33.5 Å². The molecule has 0 radical (unpaired) electrons. The van der Waals surface area contributed by atoms with E-state index >= 15 is 0 Å². The van der Waals surface area contributed by atoms with Gasteiger partial charge in [0.25, 0.3) is 0 Å². The number of ether oxygens (including phenoxy) is 3. The Kier molecular flexibility index (Phi) is 11.3. The first-order valence-corrected chi connectivity index (χ1v) is 10.8. The Balaban J connectivity index is 1.60. The molecule has 0 amide bonds. The van der Waals surface area contributed by atoms with Crippen molar-refractivity contribution in [1.82, 2.24) is 0 Å². The van der Waals surface area contributed by atoms with Crippen LogP contribution in [0.15, 0.2) is 53.7 Å². The van der Waals surface area contributed by atoms with Gasteiger partial charge in [0.2, 0.25) is 0 Å². The van der Waals surface area contributed by atoms with Crippen molar-refractivity contribution >= 4 is 6.21 Å². The van der Waals surface area contributed by atoms with Gasteiger partial charge in [0.15, 0.2) is 0 Å².